The van der Waals surface area contributed by atoms with Crippen LogP contribution in [-0.2, 0) is 9.53 Å². The molecule has 0 spiro atoms. The van der Waals surface area contributed by atoms with E-state index in [4.69, 9.17) is 9.94 Å². The molecule has 1 unspecified atom stereocenters. The Morgan fingerprint density at radius 1 is 1.26 bits per heavy atom. The molecule has 0 aliphatic carbocycles. The summed E-state index contributed by atoms with van der Waals surface area (Å²) in [5.41, 5.74) is 1.78. The molecule has 3 N–H and O–H groups in total. The Balaban J connectivity index is 2.68. The Morgan fingerprint density at radius 3 is 2.35 bits per heavy atom. The van der Waals surface area contributed by atoms with Crippen molar-refractivity contribution in [3.05, 3.63) is 29.8 Å². The second kappa shape index (κ2) is 8.77. The molecule has 0 saturated carbocycles. The summed E-state index contributed by atoms with van der Waals surface area (Å²) < 4.78 is 4.70. The standard InChI is InChI=1S/C16H23N3O4/c1-10(2)9-14(15(20)23-4)18-16(21)17-13-7-5-12(6-8-13)11(3)19-22/h5-8,10,14,22H,9H2,1-4H3,(H2,17,18,21). The van der Waals surface area contributed by atoms with Gasteiger partial charge in [-0.15, -0.1) is 0 Å². The molecule has 0 aliphatic rings. The number of anilines is 1. The van der Waals surface area contributed by atoms with Gasteiger partial charge in [-0.2, -0.15) is 0 Å². The average Bonchev–Trinajstić information content (AvgIpc) is 2.52. The lowest BCUT2D eigenvalue weighted by molar-refractivity contribution is -0.143. The van der Waals surface area contributed by atoms with Gasteiger partial charge in [-0.25, -0.2) is 9.59 Å². The molecule has 0 aromatic heterocycles. The van der Waals surface area contributed by atoms with Crippen molar-refractivity contribution in [2.75, 3.05) is 12.4 Å². The van der Waals surface area contributed by atoms with E-state index in [-0.39, 0.29) is 5.92 Å². The molecule has 7 nitrogen and oxygen atoms in total. The van der Waals surface area contributed by atoms with E-state index in [2.05, 4.69) is 15.8 Å². The Labute approximate surface area is 135 Å². The number of rotatable bonds is 6. The van der Waals surface area contributed by atoms with Crippen molar-refractivity contribution < 1.29 is 19.5 Å². The molecule has 0 fully saturated rings. The predicted octanol–water partition coefficient (Wildman–Crippen LogP) is 2.59. The summed E-state index contributed by atoms with van der Waals surface area (Å²) in [5, 5.41) is 17.1. The van der Waals surface area contributed by atoms with Crippen LogP contribution in [0.4, 0.5) is 10.5 Å². The lowest BCUT2D eigenvalue weighted by Gasteiger charge is -2.18. The number of nitrogens with zero attached hydrogens (tertiary/aromatic N) is 1. The number of methoxy groups -OCH3 is 1. The van der Waals surface area contributed by atoms with Crippen molar-refractivity contribution in [1.82, 2.24) is 5.32 Å². The van der Waals surface area contributed by atoms with Gasteiger partial charge in [0.1, 0.15) is 6.04 Å². The number of amides is 2. The minimum atomic E-state index is -0.692. The van der Waals surface area contributed by atoms with Gasteiger partial charge in [0, 0.05) is 5.69 Å². The lowest BCUT2D eigenvalue weighted by atomic mass is 10.0. The molecule has 1 rings (SSSR count). The van der Waals surface area contributed by atoms with Crippen LogP contribution in [-0.4, -0.2) is 36.1 Å². The highest BCUT2D eigenvalue weighted by atomic mass is 16.5. The number of hydrogen-bond acceptors (Lipinski definition) is 5. The van der Waals surface area contributed by atoms with Gasteiger partial charge in [0.15, 0.2) is 0 Å². The second-order valence-corrected chi connectivity index (χ2v) is 5.57. The highest BCUT2D eigenvalue weighted by molar-refractivity contribution is 5.99. The molecule has 2 amide bonds. The molecule has 126 valence electrons. The zero-order valence-corrected chi connectivity index (χ0v) is 13.8. The van der Waals surface area contributed by atoms with E-state index in [0.717, 1.165) is 5.56 Å². The number of carbonyl (C=O) groups excluding carboxylic acids is 2. The minimum absolute atomic E-state index is 0.236. The number of oxime groups is 1. The van der Waals surface area contributed by atoms with Crippen LogP contribution >= 0.6 is 0 Å². The number of esters is 1. The summed E-state index contributed by atoms with van der Waals surface area (Å²) in [7, 11) is 1.29. The van der Waals surface area contributed by atoms with Gasteiger partial charge in [0.2, 0.25) is 0 Å². The maximum absolute atomic E-state index is 12.0. The fraction of sp³-hybridized carbons (Fsp3) is 0.438. The molecule has 1 aromatic carbocycles. The minimum Gasteiger partial charge on any atom is -0.467 e. The quantitative estimate of drug-likeness (QED) is 0.324. The van der Waals surface area contributed by atoms with E-state index in [1.807, 2.05) is 13.8 Å². The topological polar surface area (TPSA) is 100 Å². The molecule has 1 aromatic rings. The highest BCUT2D eigenvalue weighted by Gasteiger charge is 2.22. The van der Waals surface area contributed by atoms with E-state index >= 15 is 0 Å². The smallest absolute Gasteiger partial charge is 0.328 e. The van der Waals surface area contributed by atoms with Crippen LogP contribution in [0.15, 0.2) is 29.4 Å². The molecule has 0 heterocycles. The SMILES string of the molecule is COC(=O)C(CC(C)C)NC(=O)Nc1ccc(C(C)=NO)cc1. The fourth-order valence-electron chi connectivity index (χ4n) is 2.01. The molecular formula is C16H23N3O4. The van der Waals surface area contributed by atoms with Crippen LogP contribution in [0.3, 0.4) is 0 Å². The van der Waals surface area contributed by atoms with Crippen LogP contribution in [0, 0.1) is 5.92 Å². The maximum atomic E-state index is 12.0. The first-order chi connectivity index (χ1) is 10.9. The lowest BCUT2D eigenvalue weighted by Crippen LogP contribution is -2.44. The average molecular weight is 321 g/mol. The third-order valence-corrected chi connectivity index (χ3v) is 3.21. The van der Waals surface area contributed by atoms with Crippen molar-refractivity contribution in [3.8, 4) is 0 Å². The van der Waals surface area contributed by atoms with E-state index in [9.17, 15) is 9.59 Å². The van der Waals surface area contributed by atoms with Crippen LogP contribution in [0.25, 0.3) is 0 Å². The van der Waals surface area contributed by atoms with E-state index in [1.165, 1.54) is 7.11 Å². The summed E-state index contributed by atoms with van der Waals surface area (Å²) in [6, 6.07) is 5.62. The predicted molar refractivity (Wildman–Crippen MR) is 87.9 cm³/mol. The third kappa shape index (κ3) is 5.98. The first-order valence-electron chi connectivity index (χ1n) is 7.31. The zero-order valence-electron chi connectivity index (χ0n) is 13.8. The normalized spacial score (nSPS) is 12.7. The Bertz CT molecular complexity index is 567. The van der Waals surface area contributed by atoms with Gasteiger partial charge < -0.3 is 20.6 Å². The largest absolute Gasteiger partial charge is 0.467 e. The molecule has 23 heavy (non-hydrogen) atoms. The van der Waals surface area contributed by atoms with E-state index in [1.54, 1.807) is 31.2 Å². The highest BCUT2D eigenvalue weighted by Crippen LogP contribution is 2.11. The monoisotopic (exact) mass is 321 g/mol. The third-order valence-electron chi connectivity index (χ3n) is 3.21. The maximum Gasteiger partial charge on any atom is 0.328 e. The van der Waals surface area contributed by atoms with Crippen molar-refractivity contribution >= 4 is 23.4 Å². The number of carbonyl (C=O) groups is 2. The van der Waals surface area contributed by atoms with E-state index in [0.29, 0.717) is 17.8 Å². The second-order valence-electron chi connectivity index (χ2n) is 5.57. The van der Waals surface area contributed by atoms with Crippen molar-refractivity contribution in [3.63, 3.8) is 0 Å². The first-order valence-corrected chi connectivity index (χ1v) is 7.31. The molecule has 1 atom stereocenters. The molecule has 0 bridgehead atoms. The number of benzene rings is 1. The molecular weight excluding hydrogens is 298 g/mol. The first kappa shape index (κ1) is 18.5. The van der Waals surface area contributed by atoms with Gasteiger partial charge in [0.05, 0.1) is 12.8 Å². The zero-order chi connectivity index (χ0) is 17.4. The summed E-state index contributed by atoms with van der Waals surface area (Å²) in [5.74, 6) is -0.238. The van der Waals surface area contributed by atoms with E-state index < -0.39 is 18.0 Å². The fourth-order valence-corrected chi connectivity index (χ4v) is 2.01. The number of hydrogen-bond donors (Lipinski definition) is 3. The summed E-state index contributed by atoms with van der Waals surface area (Å²) in [6.07, 6.45) is 0.491. The number of nitrogens with one attached hydrogen (secondary N) is 2. The number of urea groups is 1. The van der Waals surface area contributed by atoms with Crippen LogP contribution in [0.5, 0.6) is 0 Å². The van der Waals surface area contributed by atoms with Crippen molar-refractivity contribution in [2.45, 2.75) is 33.2 Å². The van der Waals surface area contributed by atoms with Gasteiger partial charge in [0.25, 0.3) is 0 Å². The van der Waals surface area contributed by atoms with Crippen molar-refractivity contribution in [1.29, 1.82) is 0 Å². The Kier molecular flexibility index (Phi) is 7.05. The Morgan fingerprint density at radius 2 is 1.87 bits per heavy atom. The van der Waals surface area contributed by atoms with Gasteiger partial charge in [-0.3, -0.25) is 0 Å². The van der Waals surface area contributed by atoms with Crippen LogP contribution in [0.1, 0.15) is 32.8 Å². The molecule has 7 heteroatoms. The van der Waals surface area contributed by atoms with Gasteiger partial charge in [-0.1, -0.05) is 31.1 Å². The molecule has 0 saturated heterocycles. The van der Waals surface area contributed by atoms with Gasteiger partial charge >= 0.3 is 12.0 Å². The van der Waals surface area contributed by atoms with Crippen LogP contribution < -0.4 is 10.6 Å². The molecule has 0 aliphatic heterocycles. The van der Waals surface area contributed by atoms with Crippen LogP contribution in [0.2, 0.25) is 0 Å². The Hall–Kier alpha value is -2.57. The summed E-state index contributed by atoms with van der Waals surface area (Å²) in [6.45, 7) is 5.58. The van der Waals surface area contributed by atoms with Gasteiger partial charge in [-0.05, 0) is 37.0 Å². The number of ether oxygens (including phenoxy) is 1. The van der Waals surface area contributed by atoms with Crippen molar-refractivity contribution in [2.24, 2.45) is 11.1 Å². The summed E-state index contributed by atoms with van der Waals surface area (Å²) in [4.78, 5) is 23.7. The summed E-state index contributed by atoms with van der Waals surface area (Å²) >= 11 is 0. The molecule has 0 radical (unpaired) electrons.